The molecule has 0 fully saturated rings. The van der Waals surface area contributed by atoms with Gasteiger partial charge in [0.2, 0.25) is 5.03 Å². The van der Waals surface area contributed by atoms with Crippen molar-refractivity contribution in [1.29, 1.82) is 0 Å². The first-order chi connectivity index (χ1) is 9.73. The molecule has 1 aromatic carbocycles. The lowest BCUT2D eigenvalue weighted by Crippen LogP contribution is -2.27. The lowest BCUT2D eigenvalue weighted by Gasteiger charge is -2.17. The molecular weight excluding hydrogens is 310 g/mol. The number of sulfonamides is 1. The molecule has 5 nitrogen and oxygen atoms in total. The molecule has 0 aliphatic heterocycles. The zero-order valence-corrected chi connectivity index (χ0v) is 14.0. The van der Waals surface area contributed by atoms with E-state index in [9.17, 15) is 8.42 Å². The van der Waals surface area contributed by atoms with Gasteiger partial charge in [0, 0.05) is 20.6 Å². The van der Waals surface area contributed by atoms with Crippen LogP contribution < -0.4 is 0 Å². The fourth-order valence-corrected chi connectivity index (χ4v) is 3.59. The highest BCUT2D eigenvalue weighted by atomic mass is 35.5. The molecule has 0 unspecified atom stereocenters. The van der Waals surface area contributed by atoms with Gasteiger partial charge in [0.1, 0.15) is 5.15 Å². The summed E-state index contributed by atoms with van der Waals surface area (Å²) in [5.41, 5.74) is 3.16. The largest absolute Gasteiger partial charge is 0.324 e. The van der Waals surface area contributed by atoms with Crippen LogP contribution in [-0.2, 0) is 23.6 Å². The van der Waals surface area contributed by atoms with Gasteiger partial charge in [0.15, 0.2) is 0 Å². The van der Waals surface area contributed by atoms with E-state index in [0.29, 0.717) is 0 Å². The van der Waals surface area contributed by atoms with Crippen LogP contribution in [0.1, 0.15) is 16.7 Å². The van der Waals surface area contributed by atoms with Gasteiger partial charge in [-0.25, -0.2) is 13.4 Å². The van der Waals surface area contributed by atoms with E-state index in [4.69, 9.17) is 11.6 Å². The van der Waals surface area contributed by atoms with Crippen molar-refractivity contribution in [1.82, 2.24) is 13.9 Å². The molecule has 7 heteroatoms. The van der Waals surface area contributed by atoms with Gasteiger partial charge >= 0.3 is 0 Å². The average Bonchev–Trinajstić information content (AvgIpc) is 2.73. The van der Waals surface area contributed by atoms with Crippen molar-refractivity contribution in [2.45, 2.75) is 25.4 Å². The van der Waals surface area contributed by atoms with Crippen LogP contribution in [0.25, 0.3) is 0 Å². The van der Waals surface area contributed by atoms with Crippen molar-refractivity contribution in [3.63, 3.8) is 0 Å². The van der Waals surface area contributed by atoms with E-state index in [2.05, 4.69) is 4.98 Å². The smallest absolute Gasteiger partial charge is 0.263 e. The summed E-state index contributed by atoms with van der Waals surface area (Å²) in [7, 11) is -0.526. The Hall–Kier alpha value is -1.37. The molecule has 0 spiro atoms. The molecule has 21 heavy (non-hydrogen) atoms. The van der Waals surface area contributed by atoms with Crippen molar-refractivity contribution < 1.29 is 8.42 Å². The Labute approximate surface area is 130 Å². The minimum atomic E-state index is -3.70. The highest BCUT2D eigenvalue weighted by Gasteiger charge is 2.27. The molecule has 0 aliphatic carbocycles. The summed E-state index contributed by atoms with van der Waals surface area (Å²) in [4.78, 5) is 3.89. The fourth-order valence-electron chi connectivity index (χ4n) is 2.06. The van der Waals surface area contributed by atoms with Crippen molar-refractivity contribution in [3.05, 3.63) is 46.4 Å². The zero-order chi connectivity index (χ0) is 15.8. The second-order valence-corrected chi connectivity index (χ2v) is 7.46. The monoisotopic (exact) mass is 327 g/mol. The molecule has 0 N–H and O–H groups in total. The summed E-state index contributed by atoms with van der Waals surface area (Å²) in [5, 5.41) is 0.00131. The summed E-state index contributed by atoms with van der Waals surface area (Å²) >= 11 is 5.99. The molecule has 1 heterocycles. The summed E-state index contributed by atoms with van der Waals surface area (Å²) in [6.07, 6.45) is 1.39. The van der Waals surface area contributed by atoms with Crippen molar-refractivity contribution in [3.8, 4) is 0 Å². The van der Waals surface area contributed by atoms with Crippen LogP contribution in [0.4, 0.5) is 0 Å². The van der Waals surface area contributed by atoms with Gasteiger partial charge in [-0.15, -0.1) is 0 Å². The molecule has 1 aromatic heterocycles. The summed E-state index contributed by atoms with van der Waals surface area (Å²) in [6, 6.07) is 5.94. The first-order valence-electron chi connectivity index (χ1n) is 6.42. The molecule has 0 saturated carbocycles. The predicted octanol–water partition coefficient (Wildman–Crippen LogP) is 2.51. The Morgan fingerprint density at radius 1 is 1.33 bits per heavy atom. The van der Waals surface area contributed by atoms with Gasteiger partial charge in [-0.05, 0) is 25.0 Å². The zero-order valence-electron chi connectivity index (χ0n) is 12.5. The SMILES string of the molecule is Cc1ccc(CN(C)S(=O)(=O)c2ncn(C)c2Cl)c(C)c1. The molecule has 0 aliphatic rings. The lowest BCUT2D eigenvalue weighted by molar-refractivity contribution is 0.463. The third kappa shape index (κ3) is 3.12. The molecule has 0 amide bonds. The number of rotatable bonds is 4. The predicted molar refractivity (Wildman–Crippen MR) is 82.8 cm³/mol. The standard InChI is InChI=1S/C14H18ClN3O2S/c1-10-5-6-12(11(2)7-10)8-18(4)21(19,20)14-13(15)17(3)9-16-14/h5-7,9H,8H2,1-4H3. The third-order valence-corrected chi connectivity index (χ3v) is 5.67. The number of benzene rings is 1. The molecule has 2 aromatic rings. The van der Waals surface area contributed by atoms with Crippen LogP contribution in [-0.4, -0.2) is 29.3 Å². The number of imidazole rings is 1. The number of nitrogens with zero attached hydrogens (tertiary/aromatic N) is 3. The maximum absolute atomic E-state index is 12.5. The maximum atomic E-state index is 12.5. The van der Waals surface area contributed by atoms with Crippen molar-refractivity contribution in [2.75, 3.05) is 7.05 Å². The third-order valence-electron chi connectivity index (χ3n) is 3.38. The van der Waals surface area contributed by atoms with E-state index in [1.807, 2.05) is 32.0 Å². The summed E-state index contributed by atoms with van der Waals surface area (Å²) in [5.74, 6) is 0. The molecule has 114 valence electrons. The van der Waals surface area contributed by atoms with Gasteiger partial charge < -0.3 is 4.57 Å². The molecule has 0 atom stereocenters. The van der Waals surface area contributed by atoms with Gasteiger partial charge in [0.25, 0.3) is 10.0 Å². The second-order valence-electron chi connectivity index (χ2n) is 5.14. The molecule has 0 saturated heterocycles. The molecular formula is C14H18ClN3O2S. The van der Waals surface area contributed by atoms with E-state index >= 15 is 0 Å². The Balaban J connectivity index is 2.31. The maximum Gasteiger partial charge on any atom is 0.263 e. The van der Waals surface area contributed by atoms with Crippen molar-refractivity contribution in [2.24, 2.45) is 7.05 Å². The topological polar surface area (TPSA) is 55.2 Å². The van der Waals surface area contributed by atoms with Gasteiger partial charge in [0.05, 0.1) is 6.33 Å². The number of aromatic nitrogens is 2. The van der Waals surface area contributed by atoms with Gasteiger partial charge in [-0.3, -0.25) is 0 Å². The Bertz CT molecular complexity index is 769. The van der Waals surface area contributed by atoms with Crippen LogP contribution in [0.15, 0.2) is 29.6 Å². The quantitative estimate of drug-likeness (QED) is 0.867. The van der Waals surface area contributed by atoms with Crippen LogP contribution in [0.5, 0.6) is 0 Å². The van der Waals surface area contributed by atoms with Crippen LogP contribution in [0.3, 0.4) is 0 Å². The number of halogens is 1. The van der Waals surface area contributed by atoms with E-state index in [1.165, 1.54) is 22.2 Å². The molecule has 0 radical (unpaired) electrons. The van der Waals surface area contributed by atoms with Crippen LogP contribution in [0.2, 0.25) is 5.15 Å². The first kappa shape index (κ1) is 16.0. The normalized spacial score (nSPS) is 12.1. The van der Waals surface area contributed by atoms with Gasteiger partial charge in [-0.2, -0.15) is 4.31 Å². The number of aryl methyl sites for hydroxylation is 3. The number of hydrogen-bond donors (Lipinski definition) is 0. The van der Waals surface area contributed by atoms with E-state index in [-0.39, 0.29) is 16.7 Å². The molecule has 2 rings (SSSR count). The first-order valence-corrected chi connectivity index (χ1v) is 8.24. The lowest BCUT2D eigenvalue weighted by atomic mass is 10.1. The van der Waals surface area contributed by atoms with E-state index in [0.717, 1.165) is 16.7 Å². The number of hydrogen-bond acceptors (Lipinski definition) is 3. The Morgan fingerprint density at radius 3 is 2.52 bits per heavy atom. The van der Waals surface area contributed by atoms with Gasteiger partial charge in [-0.1, -0.05) is 35.4 Å². The fraction of sp³-hybridized carbons (Fsp3) is 0.357. The van der Waals surface area contributed by atoms with E-state index < -0.39 is 10.0 Å². The second kappa shape index (κ2) is 5.79. The van der Waals surface area contributed by atoms with Crippen LogP contribution in [0, 0.1) is 13.8 Å². The minimum absolute atomic E-state index is 0.112. The highest BCUT2D eigenvalue weighted by Crippen LogP contribution is 2.23. The highest BCUT2D eigenvalue weighted by molar-refractivity contribution is 7.89. The van der Waals surface area contributed by atoms with Crippen LogP contribution >= 0.6 is 11.6 Å². The van der Waals surface area contributed by atoms with Crippen molar-refractivity contribution >= 4 is 21.6 Å². The summed E-state index contributed by atoms with van der Waals surface area (Å²) < 4.78 is 27.8. The minimum Gasteiger partial charge on any atom is -0.324 e. The Kier molecular flexibility index (Phi) is 4.41. The molecule has 0 bridgehead atoms. The summed E-state index contributed by atoms with van der Waals surface area (Å²) in [6.45, 7) is 4.25. The Morgan fingerprint density at radius 2 is 2.00 bits per heavy atom. The van der Waals surface area contributed by atoms with E-state index in [1.54, 1.807) is 7.05 Å². The average molecular weight is 328 g/mol.